The monoisotopic (exact) mass is 315 g/mol. The van der Waals surface area contributed by atoms with Crippen molar-refractivity contribution in [2.75, 3.05) is 0 Å². The van der Waals surface area contributed by atoms with Crippen molar-refractivity contribution < 1.29 is 0 Å². The highest BCUT2D eigenvalue weighted by molar-refractivity contribution is 7.99. The molecule has 1 N–H and O–H groups in total. The number of rotatable bonds is 3. The maximum Gasteiger partial charge on any atom is 0.136 e. The Bertz CT molecular complexity index is 791. The van der Waals surface area contributed by atoms with Crippen LogP contribution in [-0.2, 0) is 0 Å². The Morgan fingerprint density at radius 3 is 2.81 bits per heavy atom. The van der Waals surface area contributed by atoms with Gasteiger partial charge in [0.2, 0.25) is 0 Å². The number of benzene rings is 1. The van der Waals surface area contributed by atoms with Crippen LogP contribution in [-0.4, -0.2) is 15.0 Å². The van der Waals surface area contributed by atoms with E-state index in [-0.39, 0.29) is 0 Å². The standard InChI is InChI=1S/C16H14ClN3S/c1-9-14(17)19-15(10-6-7-10)20-16(9)21-13-8-11-4-2-3-5-12(11)18-13/h2-5,8,10,18H,6-7H2,1H3. The zero-order chi connectivity index (χ0) is 14.4. The molecule has 3 aromatic rings. The fourth-order valence-corrected chi connectivity index (χ4v) is 3.49. The van der Waals surface area contributed by atoms with E-state index >= 15 is 0 Å². The molecule has 0 aliphatic heterocycles. The molecular formula is C16H14ClN3S. The van der Waals surface area contributed by atoms with Gasteiger partial charge in [-0.05, 0) is 31.9 Å². The van der Waals surface area contributed by atoms with Crippen LogP contribution in [0.1, 0.15) is 30.1 Å². The highest BCUT2D eigenvalue weighted by atomic mass is 35.5. The molecule has 0 bridgehead atoms. The highest BCUT2D eigenvalue weighted by Crippen LogP contribution is 2.40. The molecule has 2 aromatic heterocycles. The average molecular weight is 316 g/mol. The molecule has 1 aromatic carbocycles. The van der Waals surface area contributed by atoms with Crippen molar-refractivity contribution in [3.8, 4) is 0 Å². The first kappa shape index (κ1) is 13.2. The summed E-state index contributed by atoms with van der Waals surface area (Å²) in [6.07, 6.45) is 2.35. The summed E-state index contributed by atoms with van der Waals surface area (Å²) in [5.41, 5.74) is 2.09. The molecule has 0 unspecified atom stereocenters. The number of halogens is 1. The summed E-state index contributed by atoms with van der Waals surface area (Å²) in [6, 6.07) is 10.4. The zero-order valence-corrected chi connectivity index (χ0v) is 13.1. The van der Waals surface area contributed by atoms with Gasteiger partial charge in [0, 0.05) is 22.4 Å². The van der Waals surface area contributed by atoms with Gasteiger partial charge in [0.1, 0.15) is 16.0 Å². The van der Waals surface area contributed by atoms with Gasteiger partial charge >= 0.3 is 0 Å². The normalized spacial score (nSPS) is 14.8. The van der Waals surface area contributed by atoms with Crippen molar-refractivity contribution in [1.29, 1.82) is 0 Å². The molecule has 1 fully saturated rings. The van der Waals surface area contributed by atoms with Crippen LogP contribution >= 0.6 is 23.4 Å². The van der Waals surface area contributed by atoms with E-state index in [1.807, 2.05) is 19.1 Å². The Labute approximate surface area is 132 Å². The quantitative estimate of drug-likeness (QED) is 0.695. The molecule has 3 nitrogen and oxygen atoms in total. The predicted molar refractivity (Wildman–Crippen MR) is 86.2 cm³/mol. The molecule has 1 aliphatic rings. The number of H-pyrrole nitrogens is 1. The first-order chi connectivity index (χ1) is 10.2. The van der Waals surface area contributed by atoms with Crippen molar-refractivity contribution >= 4 is 34.3 Å². The van der Waals surface area contributed by atoms with Gasteiger partial charge in [0.05, 0.1) is 5.03 Å². The molecule has 5 heteroatoms. The van der Waals surface area contributed by atoms with Gasteiger partial charge in [-0.1, -0.05) is 41.6 Å². The molecule has 0 atom stereocenters. The molecule has 0 amide bonds. The molecule has 1 saturated carbocycles. The number of aromatic amines is 1. The molecular weight excluding hydrogens is 302 g/mol. The number of nitrogens with zero attached hydrogens (tertiary/aromatic N) is 2. The second kappa shape index (κ2) is 5.04. The predicted octanol–water partition coefficient (Wildman–Crippen LogP) is 4.95. The topological polar surface area (TPSA) is 41.6 Å². The number of hydrogen-bond acceptors (Lipinski definition) is 3. The molecule has 0 spiro atoms. The molecule has 1 aliphatic carbocycles. The van der Waals surface area contributed by atoms with E-state index in [0.29, 0.717) is 11.1 Å². The average Bonchev–Trinajstić information content (AvgIpc) is 3.24. The lowest BCUT2D eigenvalue weighted by Gasteiger charge is -2.07. The fraction of sp³-hybridized carbons (Fsp3) is 0.250. The maximum absolute atomic E-state index is 6.26. The molecule has 4 rings (SSSR count). The summed E-state index contributed by atoms with van der Waals surface area (Å²) in [5, 5.41) is 3.81. The number of hydrogen-bond donors (Lipinski definition) is 1. The SMILES string of the molecule is Cc1c(Cl)nc(C2CC2)nc1Sc1cc2ccccc2[nH]1. The smallest absolute Gasteiger partial charge is 0.136 e. The van der Waals surface area contributed by atoms with Gasteiger partial charge in [-0.3, -0.25) is 0 Å². The van der Waals surface area contributed by atoms with Crippen molar-refractivity contribution in [3.05, 3.63) is 46.9 Å². The summed E-state index contributed by atoms with van der Waals surface area (Å²) < 4.78 is 0. The number of fused-ring (bicyclic) bond motifs is 1. The van der Waals surface area contributed by atoms with Crippen LogP contribution in [0.2, 0.25) is 5.15 Å². The maximum atomic E-state index is 6.26. The number of para-hydroxylation sites is 1. The lowest BCUT2D eigenvalue weighted by Crippen LogP contribution is -1.98. The van der Waals surface area contributed by atoms with E-state index in [9.17, 15) is 0 Å². The van der Waals surface area contributed by atoms with Crippen molar-refractivity contribution in [2.24, 2.45) is 0 Å². The van der Waals surface area contributed by atoms with Gasteiger partial charge in [-0.25, -0.2) is 9.97 Å². The minimum Gasteiger partial charge on any atom is -0.349 e. The van der Waals surface area contributed by atoms with Gasteiger partial charge < -0.3 is 4.98 Å². The second-order valence-corrected chi connectivity index (χ2v) is 6.79. The van der Waals surface area contributed by atoms with Crippen LogP contribution in [0.25, 0.3) is 10.9 Å². The van der Waals surface area contributed by atoms with E-state index in [0.717, 1.165) is 27.0 Å². The number of aromatic nitrogens is 3. The van der Waals surface area contributed by atoms with E-state index < -0.39 is 0 Å². The van der Waals surface area contributed by atoms with Gasteiger partial charge in [0.15, 0.2) is 0 Å². The summed E-state index contributed by atoms with van der Waals surface area (Å²) in [5.74, 6) is 1.40. The first-order valence-electron chi connectivity index (χ1n) is 7.00. The van der Waals surface area contributed by atoms with Gasteiger partial charge in [-0.15, -0.1) is 0 Å². The third-order valence-corrected chi connectivity index (χ3v) is 5.11. The molecule has 2 heterocycles. The van der Waals surface area contributed by atoms with Crippen LogP contribution in [0.15, 0.2) is 40.4 Å². The Hall–Kier alpha value is -1.52. The Morgan fingerprint density at radius 1 is 1.24 bits per heavy atom. The Kier molecular flexibility index (Phi) is 3.16. The largest absolute Gasteiger partial charge is 0.349 e. The lowest BCUT2D eigenvalue weighted by molar-refractivity contribution is 0.861. The van der Waals surface area contributed by atoms with Crippen molar-refractivity contribution in [2.45, 2.75) is 35.7 Å². The molecule has 21 heavy (non-hydrogen) atoms. The van der Waals surface area contributed by atoms with Crippen LogP contribution < -0.4 is 0 Å². The summed E-state index contributed by atoms with van der Waals surface area (Å²) >= 11 is 7.88. The Balaban J connectivity index is 1.72. The van der Waals surface area contributed by atoms with E-state index in [1.165, 1.54) is 18.2 Å². The van der Waals surface area contributed by atoms with Crippen molar-refractivity contribution in [1.82, 2.24) is 15.0 Å². The molecule has 106 valence electrons. The zero-order valence-electron chi connectivity index (χ0n) is 11.6. The number of nitrogens with one attached hydrogen (secondary N) is 1. The van der Waals surface area contributed by atoms with E-state index in [4.69, 9.17) is 16.6 Å². The van der Waals surface area contributed by atoms with Crippen LogP contribution in [0.5, 0.6) is 0 Å². The van der Waals surface area contributed by atoms with Gasteiger partial charge in [-0.2, -0.15) is 0 Å². The minimum absolute atomic E-state index is 0.505. The third kappa shape index (κ3) is 2.54. The summed E-state index contributed by atoms with van der Waals surface area (Å²) in [4.78, 5) is 12.5. The Morgan fingerprint density at radius 2 is 2.05 bits per heavy atom. The fourth-order valence-electron chi connectivity index (χ4n) is 2.31. The van der Waals surface area contributed by atoms with Crippen molar-refractivity contribution in [3.63, 3.8) is 0 Å². The molecule has 0 saturated heterocycles. The van der Waals surface area contributed by atoms with Crippen LogP contribution in [0, 0.1) is 6.92 Å². The van der Waals surface area contributed by atoms with E-state index in [2.05, 4.69) is 28.2 Å². The highest BCUT2D eigenvalue weighted by Gasteiger charge is 2.28. The minimum atomic E-state index is 0.505. The third-order valence-electron chi connectivity index (χ3n) is 3.71. The van der Waals surface area contributed by atoms with E-state index in [1.54, 1.807) is 11.8 Å². The molecule has 0 radical (unpaired) electrons. The van der Waals surface area contributed by atoms with Crippen LogP contribution in [0.3, 0.4) is 0 Å². The van der Waals surface area contributed by atoms with Crippen LogP contribution in [0.4, 0.5) is 0 Å². The first-order valence-corrected chi connectivity index (χ1v) is 8.20. The van der Waals surface area contributed by atoms with Gasteiger partial charge in [0.25, 0.3) is 0 Å². The summed E-state index contributed by atoms with van der Waals surface area (Å²) in [6.45, 7) is 1.98. The second-order valence-electron chi connectivity index (χ2n) is 5.40. The lowest BCUT2D eigenvalue weighted by atomic mass is 10.3. The summed E-state index contributed by atoms with van der Waals surface area (Å²) in [7, 11) is 0.